The van der Waals surface area contributed by atoms with Crippen molar-refractivity contribution in [3.05, 3.63) is 16.1 Å². The number of aromatic nitrogens is 1. The number of rotatable bonds is 4. The Bertz CT molecular complexity index is 432. The van der Waals surface area contributed by atoms with Gasteiger partial charge in [-0.1, -0.05) is 12.8 Å². The number of nitrogens with two attached hydrogens (primary N) is 1. The highest BCUT2D eigenvalue weighted by molar-refractivity contribution is 7.11. The lowest BCUT2D eigenvalue weighted by molar-refractivity contribution is -0.137. The van der Waals surface area contributed by atoms with Gasteiger partial charge in [-0.15, -0.1) is 11.3 Å². The molecule has 1 aromatic rings. The highest BCUT2D eigenvalue weighted by atomic mass is 32.1. The van der Waals surface area contributed by atoms with Crippen molar-refractivity contribution in [1.29, 1.82) is 0 Å². The molecule has 1 heterocycles. The zero-order chi connectivity index (χ0) is 13.8. The number of carbonyl (C=O) groups is 1. The van der Waals surface area contributed by atoms with Gasteiger partial charge in [-0.05, 0) is 32.2 Å². The Balaban J connectivity index is 1.97. The van der Waals surface area contributed by atoms with Crippen molar-refractivity contribution in [2.75, 3.05) is 13.6 Å². The van der Waals surface area contributed by atoms with Gasteiger partial charge in [0.2, 0.25) is 5.91 Å². The number of hydrogen-bond acceptors (Lipinski definition) is 4. The van der Waals surface area contributed by atoms with Crippen LogP contribution in [-0.2, 0) is 11.3 Å². The van der Waals surface area contributed by atoms with Crippen molar-refractivity contribution in [3.8, 4) is 0 Å². The summed E-state index contributed by atoms with van der Waals surface area (Å²) in [5.74, 6) is 0.742. The van der Waals surface area contributed by atoms with E-state index in [0.29, 0.717) is 19.0 Å². The Morgan fingerprint density at radius 3 is 2.89 bits per heavy atom. The van der Waals surface area contributed by atoms with E-state index in [2.05, 4.69) is 4.98 Å². The van der Waals surface area contributed by atoms with Crippen LogP contribution in [-0.4, -0.2) is 29.4 Å². The van der Waals surface area contributed by atoms with Crippen molar-refractivity contribution in [2.45, 2.75) is 39.2 Å². The van der Waals surface area contributed by atoms with Gasteiger partial charge in [0, 0.05) is 24.0 Å². The molecule has 1 fully saturated rings. The van der Waals surface area contributed by atoms with Gasteiger partial charge in [0.25, 0.3) is 0 Å². The average Bonchev–Trinajstić information content (AvgIpc) is 2.83. The summed E-state index contributed by atoms with van der Waals surface area (Å²) >= 11 is 1.66. The number of carbonyl (C=O) groups excluding carboxylic acids is 1. The number of nitrogens with zero attached hydrogens (tertiary/aromatic N) is 2. The Kier molecular flexibility index (Phi) is 4.93. The minimum absolute atomic E-state index is 0.123. The molecule has 1 aromatic heterocycles. The van der Waals surface area contributed by atoms with E-state index in [-0.39, 0.29) is 11.8 Å². The van der Waals surface area contributed by atoms with E-state index in [1.807, 2.05) is 25.1 Å². The van der Waals surface area contributed by atoms with Gasteiger partial charge >= 0.3 is 0 Å². The molecule has 1 saturated carbocycles. The number of hydrogen-bond donors (Lipinski definition) is 1. The first-order chi connectivity index (χ1) is 9.11. The molecule has 0 spiro atoms. The van der Waals surface area contributed by atoms with E-state index in [9.17, 15) is 4.79 Å². The SMILES string of the molecule is Cc1ncc(CN(C)C(=O)C2CCCCC2CN)s1. The summed E-state index contributed by atoms with van der Waals surface area (Å²) in [7, 11) is 1.89. The van der Waals surface area contributed by atoms with Crippen molar-refractivity contribution in [3.63, 3.8) is 0 Å². The lowest BCUT2D eigenvalue weighted by Gasteiger charge is -2.32. The standard InChI is InChI=1S/C14H23N3OS/c1-10-16-8-12(19-10)9-17(2)14(18)13-6-4-3-5-11(13)7-15/h8,11,13H,3-7,9,15H2,1-2H3. The summed E-state index contributed by atoms with van der Waals surface area (Å²) in [6.45, 7) is 3.28. The fourth-order valence-corrected chi connectivity index (χ4v) is 3.74. The van der Waals surface area contributed by atoms with Crippen molar-refractivity contribution >= 4 is 17.2 Å². The summed E-state index contributed by atoms with van der Waals surface area (Å²) in [6, 6.07) is 0. The molecular weight excluding hydrogens is 258 g/mol. The number of amides is 1. The topological polar surface area (TPSA) is 59.2 Å². The van der Waals surface area contributed by atoms with Crippen LogP contribution in [0.4, 0.5) is 0 Å². The van der Waals surface area contributed by atoms with E-state index in [4.69, 9.17) is 5.73 Å². The normalized spacial score (nSPS) is 23.3. The molecule has 1 amide bonds. The molecule has 2 unspecified atom stereocenters. The predicted molar refractivity (Wildman–Crippen MR) is 77.8 cm³/mol. The molecule has 2 rings (SSSR count). The third-order valence-electron chi connectivity index (χ3n) is 3.97. The van der Waals surface area contributed by atoms with Crippen LogP contribution in [0, 0.1) is 18.8 Å². The Morgan fingerprint density at radius 1 is 1.53 bits per heavy atom. The second-order valence-corrected chi connectivity index (χ2v) is 6.75. The van der Waals surface area contributed by atoms with Crippen LogP contribution in [0.15, 0.2) is 6.20 Å². The first kappa shape index (κ1) is 14.5. The second-order valence-electron chi connectivity index (χ2n) is 5.43. The number of aryl methyl sites for hydroxylation is 1. The van der Waals surface area contributed by atoms with E-state index >= 15 is 0 Å². The van der Waals surface area contributed by atoms with E-state index in [0.717, 1.165) is 29.1 Å². The predicted octanol–water partition coefficient (Wildman–Crippen LogP) is 2.18. The van der Waals surface area contributed by atoms with Crippen LogP contribution in [0.25, 0.3) is 0 Å². The number of thiazole rings is 1. The highest BCUT2D eigenvalue weighted by Gasteiger charge is 2.31. The first-order valence-electron chi connectivity index (χ1n) is 6.98. The van der Waals surface area contributed by atoms with Gasteiger partial charge in [-0.25, -0.2) is 4.98 Å². The molecule has 4 nitrogen and oxygen atoms in total. The zero-order valence-corrected chi connectivity index (χ0v) is 12.6. The minimum Gasteiger partial charge on any atom is -0.340 e. The molecule has 0 aliphatic heterocycles. The molecule has 0 aromatic carbocycles. The minimum atomic E-state index is 0.123. The summed E-state index contributed by atoms with van der Waals surface area (Å²) in [4.78, 5) is 19.8. The van der Waals surface area contributed by atoms with Crippen LogP contribution in [0.5, 0.6) is 0 Å². The molecule has 1 aliphatic rings. The van der Waals surface area contributed by atoms with Crippen LogP contribution in [0.1, 0.15) is 35.6 Å². The quantitative estimate of drug-likeness (QED) is 0.920. The van der Waals surface area contributed by atoms with Crippen LogP contribution >= 0.6 is 11.3 Å². The average molecular weight is 281 g/mol. The summed E-state index contributed by atoms with van der Waals surface area (Å²) in [5, 5.41) is 1.05. The second kappa shape index (κ2) is 6.48. The first-order valence-corrected chi connectivity index (χ1v) is 7.79. The molecule has 1 aliphatic carbocycles. The van der Waals surface area contributed by atoms with Crippen LogP contribution < -0.4 is 5.73 Å². The smallest absolute Gasteiger partial charge is 0.226 e. The third-order valence-corrected chi connectivity index (χ3v) is 4.86. The summed E-state index contributed by atoms with van der Waals surface area (Å²) in [6.07, 6.45) is 6.32. The van der Waals surface area contributed by atoms with E-state index in [1.54, 1.807) is 11.3 Å². The van der Waals surface area contributed by atoms with Gasteiger partial charge < -0.3 is 10.6 Å². The molecule has 0 bridgehead atoms. The molecule has 106 valence electrons. The highest BCUT2D eigenvalue weighted by Crippen LogP contribution is 2.31. The maximum absolute atomic E-state index is 12.5. The fraction of sp³-hybridized carbons (Fsp3) is 0.714. The van der Waals surface area contributed by atoms with Crippen molar-refractivity contribution in [1.82, 2.24) is 9.88 Å². The Hall–Kier alpha value is -0.940. The van der Waals surface area contributed by atoms with Crippen LogP contribution in [0.2, 0.25) is 0 Å². The summed E-state index contributed by atoms with van der Waals surface area (Å²) in [5.41, 5.74) is 5.81. The van der Waals surface area contributed by atoms with Gasteiger partial charge in [0.1, 0.15) is 0 Å². The van der Waals surface area contributed by atoms with Gasteiger partial charge in [-0.2, -0.15) is 0 Å². The van der Waals surface area contributed by atoms with Crippen molar-refractivity contribution < 1.29 is 4.79 Å². The lowest BCUT2D eigenvalue weighted by atomic mass is 9.78. The monoisotopic (exact) mass is 281 g/mol. The molecule has 2 atom stereocenters. The van der Waals surface area contributed by atoms with Crippen LogP contribution in [0.3, 0.4) is 0 Å². The fourth-order valence-electron chi connectivity index (χ4n) is 2.89. The molecule has 2 N–H and O–H groups in total. The molecule has 5 heteroatoms. The molecule has 0 saturated heterocycles. The maximum Gasteiger partial charge on any atom is 0.226 e. The Morgan fingerprint density at radius 2 is 2.26 bits per heavy atom. The van der Waals surface area contributed by atoms with Crippen molar-refractivity contribution in [2.24, 2.45) is 17.6 Å². The van der Waals surface area contributed by atoms with E-state index < -0.39 is 0 Å². The van der Waals surface area contributed by atoms with E-state index in [1.165, 1.54) is 6.42 Å². The molecule has 19 heavy (non-hydrogen) atoms. The third kappa shape index (κ3) is 3.54. The maximum atomic E-state index is 12.5. The lowest BCUT2D eigenvalue weighted by Crippen LogP contribution is -2.40. The van der Waals surface area contributed by atoms with Gasteiger partial charge in [-0.3, -0.25) is 4.79 Å². The van der Waals surface area contributed by atoms with Gasteiger partial charge in [0.15, 0.2) is 0 Å². The largest absolute Gasteiger partial charge is 0.340 e. The summed E-state index contributed by atoms with van der Waals surface area (Å²) < 4.78 is 0. The molecular formula is C14H23N3OS. The van der Waals surface area contributed by atoms with Gasteiger partial charge in [0.05, 0.1) is 11.6 Å². The zero-order valence-electron chi connectivity index (χ0n) is 11.8. The Labute approximate surface area is 119 Å². The molecule has 0 radical (unpaired) electrons.